The van der Waals surface area contributed by atoms with Gasteiger partial charge < -0.3 is 10.8 Å². The monoisotopic (exact) mass is 297 g/mol. The third-order valence-electron chi connectivity index (χ3n) is 5.23. The van der Waals surface area contributed by atoms with Crippen LogP contribution in [0.2, 0.25) is 0 Å². The van der Waals surface area contributed by atoms with E-state index in [0.717, 1.165) is 12.8 Å². The van der Waals surface area contributed by atoms with Crippen LogP contribution < -0.4 is 5.73 Å². The van der Waals surface area contributed by atoms with E-state index in [1.807, 2.05) is 0 Å². The summed E-state index contributed by atoms with van der Waals surface area (Å²) in [5.74, 6) is -0.201. The lowest BCUT2D eigenvalue weighted by Crippen LogP contribution is -2.41. The SMILES string of the molecule is CC(C)C1CCC(CN)(C(O)c2c(F)cccc2F)CC1. The van der Waals surface area contributed by atoms with Gasteiger partial charge in [-0.15, -0.1) is 0 Å². The summed E-state index contributed by atoms with van der Waals surface area (Å²) >= 11 is 0. The zero-order chi connectivity index (χ0) is 15.6. The first-order valence-corrected chi connectivity index (χ1v) is 7.73. The highest BCUT2D eigenvalue weighted by atomic mass is 19.1. The Hall–Kier alpha value is -1.00. The number of halogens is 2. The number of hydrogen-bond acceptors (Lipinski definition) is 2. The van der Waals surface area contributed by atoms with Crippen LogP contribution in [0.25, 0.3) is 0 Å². The fourth-order valence-corrected chi connectivity index (χ4v) is 3.55. The number of rotatable bonds is 4. The van der Waals surface area contributed by atoms with E-state index in [-0.39, 0.29) is 12.1 Å². The molecule has 3 N–H and O–H groups in total. The molecule has 1 fully saturated rings. The predicted octanol–water partition coefficient (Wildman–Crippen LogP) is 3.79. The normalized spacial score (nSPS) is 27.9. The molecule has 0 aromatic heterocycles. The molecule has 0 heterocycles. The van der Waals surface area contributed by atoms with Crippen molar-refractivity contribution >= 4 is 0 Å². The second kappa shape index (κ2) is 6.41. The molecule has 0 amide bonds. The van der Waals surface area contributed by atoms with E-state index in [2.05, 4.69) is 13.8 Å². The Bertz CT molecular complexity index is 461. The van der Waals surface area contributed by atoms with Crippen molar-refractivity contribution in [2.75, 3.05) is 6.54 Å². The van der Waals surface area contributed by atoms with Crippen LogP contribution in [0, 0.1) is 28.9 Å². The van der Waals surface area contributed by atoms with Crippen LogP contribution in [0.5, 0.6) is 0 Å². The molecule has 2 nitrogen and oxygen atoms in total. The van der Waals surface area contributed by atoms with E-state index in [1.165, 1.54) is 18.2 Å². The fourth-order valence-electron chi connectivity index (χ4n) is 3.55. The van der Waals surface area contributed by atoms with Crippen LogP contribution in [0.15, 0.2) is 18.2 Å². The molecule has 1 aliphatic rings. The van der Waals surface area contributed by atoms with Crippen molar-refractivity contribution in [3.05, 3.63) is 35.4 Å². The lowest BCUT2D eigenvalue weighted by atomic mass is 9.64. The molecular weight excluding hydrogens is 272 g/mol. The summed E-state index contributed by atoms with van der Waals surface area (Å²) in [7, 11) is 0. The Morgan fingerprint density at radius 2 is 1.76 bits per heavy atom. The van der Waals surface area contributed by atoms with Gasteiger partial charge in [0.25, 0.3) is 0 Å². The lowest BCUT2D eigenvalue weighted by molar-refractivity contribution is -0.0188. The highest BCUT2D eigenvalue weighted by Gasteiger charge is 2.43. The van der Waals surface area contributed by atoms with Crippen molar-refractivity contribution in [3.8, 4) is 0 Å². The van der Waals surface area contributed by atoms with Gasteiger partial charge >= 0.3 is 0 Å². The van der Waals surface area contributed by atoms with Gasteiger partial charge in [-0.3, -0.25) is 0 Å². The minimum atomic E-state index is -1.18. The Balaban J connectivity index is 2.25. The summed E-state index contributed by atoms with van der Waals surface area (Å²) < 4.78 is 27.9. The van der Waals surface area contributed by atoms with Gasteiger partial charge in [-0.1, -0.05) is 19.9 Å². The van der Waals surface area contributed by atoms with Gasteiger partial charge in [-0.2, -0.15) is 0 Å². The van der Waals surface area contributed by atoms with Gasteiger partial charge in [0.05, 0.1) is 11.7 Å². The average molecular weight is 297 g/mol. The highest BCUT2D eigenvalue weighted by Crippen LogP contribution is 2.49. The molecule has 1 aromatic carbocycles. The highest BCUT2D eigenvalue weighted by molar-refractivity contribution is 5.24. The molecule has 0 spiro atoms. The van der Waals surface area contributed by atoms with Gasteiger partial charge in [0, 0.05) is 12.0 Å². The van der Waals surface area contributed by atoms with E-state index in [0.29, 0.717) is 24.7 Å². The van der Waals surface area contributed by atoms with Crippen LogP contribution in [-0.4, -0.2) is 11.7 Å². The Labute approximate surface area is 125 Å². The van der Waals surface area contributed by atoms with Crippen LogP contribution in [0.1, 0.15) is 51.2 Å². The van der Waals surface area contributed by atoms with Crippen LogP contribution in [0.4, 0.5) is 8.78 Å². The van der Waals surface area contributed by atoms with Crippen LogP contribution in [0.3, 0.4) is 0 Å². The van der Waals surface area contributed by atoms with Gasteiger partial charge in [0.1, 0.15) is 11.6 Å². The number of aliphatic hydroxyl groups excluding tert-OH is 1. The third-order valence-corrected chi connectivity index (χ3v) is 5.23. The van der Waals surface area contributed by atoms with Crippen LogP contribution >= 0.6 is 0 Å². The minimum absolute atomic E-state index is 0.231. The van der Waals surface area contributed by atoms with Crippen molar-refractivity contribution in [2.45, 2.75) is 45.6 Å². The number of benzene rings is 1. The maximum absolute atomic E-state index is 13.9. The molecule has 1 aromatic rings. The van der Waals surface area contributed by atoms with E-state index in [1.54, 1.807) is 0 Å². The number of aliphatic hydroxyl groups is 1. The van der Waals surface area contributed by atoms with Crippen molar-refractivity contribution in [3.63, 3.8) is 0 Å². The first kappa shape index (κ1) is 16.4. The molecule has 1 unspecified atom stereocenters. The average Bonchev–Trinajstić information content (AvgIpc) is 2.46. The van der Waals surface area contributed by atoms with E-state index in [9.17, 15) is 13.9 Å². The van der Waals surface area contributed by atoms with Gasteiger partial charge in [-0.05, 0) is 49.7 Å². The van der Waals surface area contributed by atoms with Gasteiger partial charge in [0.15, 0.2) is 0 Å². The fraction of sp³-hybridized carbons (Fsp3) is 0.647. The number of nitrogens with two attached hydrogens (primary N) is 1. The second-order valence-electron chi connectivity index (χ2n) is 6.69. The molecule has 1 atom stereocenters. The quantitative estimate of drug-likeness (QED) is 0.888. The molecule has 0 bridgehead atoms. The Morgan fingerprint density at radius 3 is 2.19 bits per heavy atom. The van der Waals surface area contributed by atoms with E-state index >= 15 is 0 Å². The molecule has 21 heavy (non-hydrogen) atoms. The van der Waals surface area contributed by atoms with Crippen molar-refractivity contribution in [1.82, 2.24) is 0 Å². The summed E-state index contributed by atoms with van der Waals surface area (Å²) in [6.07, 6.45) is 2.13. The summed E-state index contributed by atoms with van der Waals surface area (Å²) in [5, 5.41) is 10.6. The third kappa shape index (κ3) is 3.11. The predicted molar refractivity (Wildman–Crippen MR) is 79.6 cm³/mol. The molecule has 0 saturated heterocycles. The second-order valence-corrected chi connectivity index (χ2v) is 6.69. The van der Waals surface area contributed by atoms with Crippen LogP contribution in [-0.2, 0) is 0 Å². The molecule has 2 rings (SSSR count). The van der Waals surface area contributed by atoms with Gasteiger partial charge in [0.2, 0.25) is 0 Å². The lowest BCUT2D eigenvalue weighted by Gasteiger charge is -2.44. The molecule has 4 heteroatoms. The summed E-state index contributed by atoms with van der Waals surface area (Å²) in [6, 6.07) is 3.68. The Morgan fingerprint density at radius 1 is 1.24 bits per heavy atom. The summed E-state index contributed by atoms with van der Waals surface area (Å²) in [5.41, 5.74) is 5.05. The molecule has 0 aliphatic heterocycles. The zero-order valence-corrected chi connectivity index (χ0v) is 12.8. The molecule has 1 saturated carbocycles. The molecule has 1 aliphatic carbocycles. The summed E-state index contributed by atoms with van der Waals surface area (Å²) in [6.45, 7) is 4.62. The first-order chi connectivity index (χ1) is 9.91. The maximum atomic E-state index is 13.9. The van der Waals surface area contributed by atoms with E-state index < -0.39 is 23.2 Å². The minimum Gasteiger partial charge on any atom is -0.388 e. The zero-order valence-electron chi connectivity index (χ0n) is 12.8. The van der Waals surface area contributed by atoms with Crippen molar-refractivity contribution < 1.29 is 13.9 Å². The van der Waals surface area contributed by atoms with Gasteiger partial charge in [-0.25, -0.2) is 8.78 Å². The van der Waals surface area contributed by atoms with Crippen molar-refractivity contribution in [1.29, 1.82) is 0 Å². The summed E-state index contributed by atoms with van der Waals surface area (Å²) in [4.78, 5) is 0. The molecular formula is C17H25F2NO. The number of hydrogen-bond donors (Lipinski definition) is 2. The van der Waals surface area contributed by atoms with Crippen molar-refractivity contribution in [2.24, 2.45) is 23.0 Å². The Kier molecular flexibility index (Phi) is 4.99. The van der Waals surface area contributed by atoms with E-state index in [4.69, 9.17) is 5.73 Å². The first-order valence-electron chi connectivity index (χ1n) is 7.73. The maximum Gasteiger partial charge on any atom is 0.131 e. The standard InChI is InChI=1S/C17H25F2NO/c1-11(2)12-6-8-17(10-20,9-7-12)16(21)15-13(18)4-3-5-14(15)19/h3-5,11-12,16,21H,6-10,20H2,1-2H3. The molecule has 0 radical (unpaired) electrons. The smallest absolute Gasteiger partial charge is 0.131 e. The largest absolute Gasteiger partial charge is 0.388 e. The molecule has 118 valence electrons. The topological polar surface area (TPSA) is 46.2 Å².